The second-order valence-corrected chi connectivity index (χ2v) is 10.2. The Balaban J connectivity index is 1.44. The summed E-state index contributed by atoms with van der Waals surface area (Å²) in [4.78, 5) is 26.5. The van der Waals surface area contributed by atoms with Gasteiger partial charge in [0, 0.05) is 43.7 Å². The van der Waals surface area contributed by atoms with Crippen molar-refractivity contribution in [2.24, 2.45) is 0 Å². The number of Topliss-reactive ketones (excluding diaryl/α,β-unsaturated/α-hetero) is 1. The maximum absolute atomic E-state index is 13.1. The number of hydrogen-bond donors (Lipinski definition) is 0. The molecule has 1 amide bonds. The first-order valence-corrected chi connectivity index (χ1v) is 12.3. The normalized spacial score (nSPS) is 17.7. The Bertz CT molecular complexity index is 1200. The molecule has 182 valence electrons. The maximum atomic E-state index is 13.1. The van der Waals surface area contributed by atoms with Gasteiger partial charge in [-0.05, 0) is 61.2 Å². The van der Waals surface area contributed by atoms with Crippen LogP contribution in [0.4, 0.5) is 13.2 Å². The molecule has 0 spiro atoms. The molecule has 1 saturated heterocycles. The number of aryl methyl sites for hydroxylation is 1. The van der Waals surface area contributed by atoms with E-state index in [0.717, 1.165) is 42.7 Å². The predicted molar refractivity (Wildman–Crippen MR) is 116 cm³/mol. The maximum Gasteiger partial charge on any atom is 0.573 e. The van der Waals surface area contributed by atoms with Gasteiger partial charge in [0.25, 0.3) is 5.91 Å². The first-order chi connectivity index (χ1) is 16.0. The Morgan fingerprint density at radius 3 is 2.35 bits per heavy atom. The average molecular weight is 497 g/mol. The number of alkyl halides is 3. The summed E-state index contributed by atoms with van der Waals surface area (Å²) < 4.78 is 68.0. The number of hydrogen-bond acceptors (Lipinski definition) is 5. The second-order valence-electron chi connectivity index (χ2n) is 8.22. The van der Waals surface area contributed by atoms with Crippen molar-refractivity contribution in [1.82, 2.24) is 9.21 Å². The van der Waals surface area contributed by atoms with Crippen LogP contribution in [0.3, 0.4) is 0 Å². The zero-order chi connectivity index (χ0) is 24.5. The van der Waals surface area contributed by atoms with Crippen molar-refractivity contribution in [2.75, 3.05) is 26.2 Å². The topological polar surface area (TPSA) is 84.0 Å². The minimum Gasteiger partial charge on any atom is -0.406 e. The van der Waals surface area contributed by atoms with E-state index in [2.05, 4.69) is 4.74 Å². The minimum absolute atomic E-state index is 0.0539. The second kappa shape index (κ2) is 9.38. The molecule has 0 aromatic heterocycles. The SMILES string of the molecule is O=C1CCCc2cc(C(=O)N3CCCN(S(=O)(=O)c4ccc(OC(F)(F)F)cc4)CC3)ccc21. The summed E-state index contributed by atoms with van der Waals surface area (Å²) in [6, 6.07) is 9.11. The Morgan fingerprint density at radius 2 is 1.65 bits per heavy atom. The number of ketones is 1. The number of carbonyl (C=O) groups is 2. The highest BCUT2D eigenvalue weighted by Gasteiger charge is 2.32. The first-order valence-electron chi connectivity index (χ1n) is 10.9. The summed E-state index contributed by atoms with van der Waals surface area (Å²) in [5, 5.41) is 0. The average Bonchev–Trinajstić information content (AvgIpc) is 3.05. The molecule has 11 heteroatoms. The summed E-state index contributed by atoms with van der Waals surface area (Å²) in [6.45, 7) is 0.756. The van der Waals surface area contributed by atoms with Crippen LogP contribution in [0.25, 0.3) is 0 Å². The molecule has 7 nitrogen and oxygen atoms in total. The molecular weight excluding hydrogens is 473 g/mol. The van der Waals surface area contributed by atoms with Crippen LogP contribution < -0.4 is 4.74 Å². The molecule has 2 aliphatic rings. The third kappa shape index (κ3) is 5.25. The number of halogens is 3. The molecule has 4 rings (SSSR count). The molecule has 1 heterocycles. The van der Waals surface area contributed by atoms with Crippen LogP contribution in [-0.2, 0) is 16.4 Å². The fraction of sp³-hybridized carbons (Fsp3) is 0.391. The van der Waals surface area contributed by atoms with Gasteiger partial charge in [0.05, 0.1) is 4.90 Å². The van der Waals surface area contributed by atoms with E-state index in [1.54, 1.807) is 23.1 Å². The Morgan fingerprint density at radius 1 is 0.912 bits per heavy atom. The van der Waals surface area contributed by atoms with E-state index in [1.165, 1.54) is 4.31 Å². The summed E-state index contributed by atoms with van der Waals surface area (Å²) in [7, 11) is -3.96. The van der Waals surface area contributed by atoms with Gasteiger partial charge in [-0.25, -0.2) is 8.42 Å². The zero-order valence-corrected chi connectivity index (χ0v) is 19.0. The summed E-state index contributed by atoms with van der Waals surface area (Å²) in [6.07, 6.45) is -2.46. The Labute approximate surface area is 195 Å². The van der Waals surface area contributed by atoms with E-state index in [9.17, 15) is 31.2 Å². The van der Waals surface area contributed by atoms with Crippen molar-refractivity contribution in [1.29, 1.82) is 0 Å². The van der Waals surface area contributed by atoms with Crippen molar-refractivity contribution < 1.29 is 35.9 Å². The third-order valence-corrected chi connectivity index (χ3v) is 7.85. The van der Waals surface area contributed by atoms with E-state index < -0.39 is 22.1 Å². The molecule has 1 aliphatic heterocycles. The van der Waals surface area contributed by atoms with E-state index in [-0.39, 0.29) is 36.2 Å². The fourth-order valence-electron chi connectivity index (χ4n) is 4.26. The van der Waals surface area contributed by atoms with Crippen molar-refractivity contribution in [3.8, 4) is 5.75 Å². The van der Waals surface area contributed by atoms with Crippen molar-refractivity contribution in [3.05, 3.63) is 59.2 Å². The molecule has 1 aliphatic carbocycles. The molecule has 0 N–H and O–H groups in total. The number of sulfonamides is 1. The number of fused-ring (bicyclic) bond motifs is 1. The van der Waals surface area contributed by atoms with Gasteiger partial charge >= 0.3 is 6.36 Å². The van der Waals surface area contributed by atoms with Crippen molar-refractivity contribution in [3.63, 3.8) is 0 Å². The zero-order valence-electron chi connectivity index (χ0n) is 18.2. The molecule has 0 atom stereocenters. The van der Waals surface area contributed by atoms with Crippen LogP contribution in [0.5, 0.6) is 5.75 Å². The van der Waals surface area contributed by atoms with Crippen LogP contribution in [0, 0.1) is 0 Å². The smallest absolute Gasteiger partial charge is 0.406 e. The van der Waals surface area contributed by atoms with Gasteiger partial charge in [0.2, 0.25) is 10.0 Å². The van der Waals surface area contributed by atoms with Gasteiger partial charge in [0.1, 0.15) is 5.75 Å². The van der Waals surface area contributed by atoms with Gasteiger partial charge < -0.3 is 9.64 Å². The minimum atomic E-state index is -4.87. The van der Waals surface area contributed by atoms with Crippen molar-refractivity contribution >= 4 is 21.7 Å². The highest BCUT2D eigenvalue weighted by molar-refractivity contribution is 7.89. The Kier molecular flexibility index (Phi) is 6.68. The highest BCUT2D eigenvalue weighted by atomic mass is 32.2. The molecule has 2 aromatic rings. The molecular formula is C23H23F3N2O5S. The van der Waals surface area contributed by atoms with Crippen LogP contribution in [-0.4, -0.2) is 61.9 Å². The fourth-order valence-corrected chi connectivity index (χ4v) is 5.73. The summed E-state index contributed by atoms with van der Waals surface area (Å²) in [5.74, 6) is -0.659. The van der Waals surface area contributed by atoms with Gasteiger partial charge in [0.15, 0.2) is 5.78 Å². The van der Waals surface area contributed by atoms with Gasteiger partial charge in [-0.1, -0.05) is 6.07 Å². The van der Waals surface area contributed by atoms with Crippen LogP contribution in [0.1, 0.15) is 45.5 Å². The van der Waals surface area contributed by atoms with Gasteiger partial charge in [-0.15, -0.1) is 13.2 Å². The number of carbonyl (C=O) groups excluding carboxylic acids is 2. The number of rotatable bonds is 4. The lowest BCUT2D eigenvalue weighted by molar-refractivity contribution is -0.274. The van der Waals surface area contributed by atoms with Gasteiger partial charge in [-0.3, -0.25) is 9.59 Å². The molecule has 0 bridgehead atoms. The Hall–Kier alpha value is -2.92. The first kappa shape index (κ1) is 24.2. The van der Waals surface area contributed by atoms with Crippen LogP contribution in [0.2, 0.25) is 0 Å². The predicted octanol–water partition coefficient (Wildman–Crippen LogP) is 3.64. The van der Waals surface area contributed by atoms with Crippen molar-refractivity contribution in [2.45, 2.75) is 36.9 Å². The number of nitrogens with zero attached hydrogens (tertiary/aromatic N) is 2. The molecule has 34 heavy (non-hydrogen) atoms. The molecule has 2 aromatic carbocycles. The van der Waals surface area contributed by atoms with E-state index in [1.807, 2.05) is 0 Å². The van der Waals surface area contributed by atoms with E-state index in [4.69, 9.17) is 0 Å². The highest BCUT2D eigenvalue weighted by Crippen LogP contribution is 2.26. The number of amides is 1. The largest absolute Gasteiger partial charge is 0.573 e. The lowest BCUT2D eigenvalue weighted by atomic mass is 9.89. The summed E-state index contributed by atoms with van der Waals surface area (Å²) in [5.41, 5.74) is 1.98. The van der Waals surface area contributed by atoms with E-state index in [0.29, 0.717) is 30.5 Å². The van der Waals surface area contributed by atoms with Crippen LogP contribution in [0.15, 0.2) is 47.4 Å². The van der Waals surface area contributed by atoms with Crippen LogP contribution >= 0.6 is 0 Å². The molecule has 0 unspecified atom stereocenters. The quantitative estimate of drug-likeness (QED) is 0.646. The van der Waals surface area contributed by atoms with E-state index >= 15 is 0 Å². The molecule has 0 saturated carbocycles. The molecule has 1 fully saturated rings. The standard InChI is InChI=1S/C23H23F3N2O5S/c24-23(25,26)33-18-6-8-19(9-7-18)34(31,32)28-12-2-11-27(13-14-28)22(30)17-5-10-20-16(15-17)3-1-4-21(20)29/h5-10,15H,1-4,11-14H2. The lowest BCUT2D eigenvalue weighted by Gasteiger charge is -2.23. The van der Waals surface area contributed by atoms with Gasteiger partial charge in [-0.2, -0.15) is 4.31 Å². The summed E-state index contributed by atoms with van der Waals surface area (Å²) >= 11 is 0. The lowest BCUT2D eigenvalue weighted by Crippen LogP contribution is -2.37. The number of benzene rings is 2. The third-order valence-electron chi connectivity index (χ3n) is 5.94. The monoisotopic (exact) mass is 496 g/mol. The molecule has 0 radical (unpaired) electrons. The number of ether oxygens (including phenoxy) is 1.